The molecule has 1 aromatic carbocycles. The fraction of sp³-hybridized carbons (Fsp3) is 0.500. The number of nitrogens with zero attached hydrogens (tertiary/aromatic N) is 2. The lowest BCUT2D eigenvalue weighted by atomic mass is 10.1. The molecule has 0 bridgehead atoms. The normalized spacial score (nSPS) is 21.4. The average Bonchev–Trinajstić information content (AvgIpc) is 2.52. The van der Waals surface area contributed by atoms with Gasteiger partial charge in [0, 0.05) is 29.4 Å². The van der Waals surface area contributed by atoms with Gasteiger partial charge in [-0.05, 0) is 58.9 Å². The molecule has 2 heterocycles. The van der Waals surface area contributed by atoms with Gasteiger partial charge in [-0.15, -0.1) is 0 Å². The molecule has 1 fully saturated rings. The van der Waals surface area contributed by atoms with Crippen LogP contribution in [0.2, 0.25) is 0 Å². The van der Waals surface area contributed by atoms with E-state index in [1.165, 1.54) is 0 Å². The van der Waals surface area contributed by atoms with Crippen LogP contribution in [0.5, 0.6) is 0 Å². The lowest BCUT2D eigenvalue weighted by Gasteiger charge is -2.40. The molecule has 0 amide bonds. The summed E-state index contributed by atoms with van der Waals surface area (Å²) in [5, 5.41) is 0.820. The van der Waals surface area contributed by atoms with Crippen molar-refractivity contribution >= 4 is 22.6 Å². The van der Waals surface area contributed by atoms with Gasteiger partial charge < -0.3 is 14.4 Å². The molecular formula is C20H26N2O3. The number of ether oxygens (including phenoxy) is 2. The third-order valence-corrected chi connectivity index (χ3v) is 4.31. The monoisotopic (exact) mass is 342 g/mol. The van der Waals surface area contributed by atoms with Crippen LogP contribution in [-0.4, -0.2) is 41.9 Å². The molecule has 5 heteroatoms. The molecule has 0 aliphatic carbocycles. The Bertz CT molecular complexity index is 772. The van der Waals surface area contributed by atoms with Crippen molar-refractivity contribution in [2.75, 3.05) is 18.1 Å². The molecule has 0 N–H and O–H groups in total. The van der Waals surface area contributed by atoms with Gasteiger partial charge >= 0.3 is 5.97 Å². The predicted molar refractivity (Wildman–Crippen MR) is 99.1 cm³/mol. The van der Waals surface area contributed by atoms with Crippen molar-refractivity contribution in [2.24, 2.45) is 0 Å². The van der Waals surface area contributed by atoms with E-state index in [-0.39, 0.29) is 18.1 Å². The van der Waals surface area contributed by atoms with Gasteiger partial charge in [-0.1, -0.05) is 0 Å². The van der Waals surface area contributed by atoms with Crippen molar-refractivity contribution in [3.8, 4) is 0 Å². The highest BCUT2D eigenvalue weighted by atomic mass is 16.6. The van der Waals surface area contributed by atoms with E-state index in [1.807, 2.05) is 32.9 Å². The van der Waals surface area contributed by atoms with E-state index in [0.717, 1.165) is 16.6 Å². The molecule has 1 saturated heterocycles. The zero-order chi connectivity index (χ0) is 18.2. The second kappa shape index (κ2) is 6.64. The van der Waals surface area contributed by atoms with Crippen molar-refractivity contribution in [3.63, 3.8) is 0 Å². The van der Waals surface area contributed by atoms with Crippen LogP contribution in [0.15, 0.2) is 30.5 Å². The number of hydrogen-bond donors (Lipinski definition) is 0. The smallest absolute Gasteiger partial charge is 0.339 e. The van der Waals surface area contributed by atoms with Gasteiger partial charge in [-0.2, -0.15) is 0 Å². The second-order valence-corrected chi connectivity index (χ2v) is 7.70. The largest absolute Gasteiger partial charge is 0.456 e. The minimum Gasteiger partial charge on any atom is -0.456 e. The standard InChI is InChI=1S/C20H26N2O3/c1-13-11-24-12-14(2)22(13)15-6-7-18-17(10-15)16(8-9-21-18)19(23)25-20(3,4)5/h6-10,13-14H,11-12H2,1-5H3. The Morgan fingerprint density at radius 3 is 2.52 bits per heavy atom. The number of carbonyl (C=O) groups is 1. The summed E-state index contributed by atoms with van der Waals surface area (Å²) in [5.41, 5.74) is 1.89. The fourth-order valence-corrected chi connectivity index (χ4v) is 3.32. The van der Waals surface area contributed by atoms with E-state index < -0.39 is 5.60 Å². The number of benzene rings is 1. The molecule has 0 spiro atoms. The lowest BCUT2D eigenvalue weighted by Crippen LogP contribution is -2.49. The molecule has 0 saturated carbocycles. The number of aromatic nitrogens is 1. The Kier molecular flexibility index (Phi) is 4.69. The van der Waals surface area contributed by atoms with Crippen molar-refractivity contribution in [1.29, 1.82) is 0 Å². The SMILES string of the molecule is CC1COCC(C)N1c1ccc2nccc(C(=O)OC(C)(C)C)c2c1. The summed E-state index contributed by atoms with van der Waals surface area (Å²) in [6.07, 6.45) is 1.65. The van der Waals surface area contributed by atoms with Gasteiger partial charge in [-0.3, -0.25) is 4.98 Å². The van der Waals surface area contributed by atoms with Crippen LogP contribution in [-0.2, 0) is 9.47 Å². The number of carbonyl (C=O) groups excluding carboxylic acids is 1. The van der Waals surface area contributed by atoms with Crippen LogP contribution < -0.4 is 4.90 Å². The van der Waals surface area contributed by atoms with Gasteiger partial charge in [0.1, 0.15) is 5.60 Å². The number of esters is 1. The van der Waals surface area contributed by atoms with Crippen molar-refractivity contribution in [2.45, 2.75) is 52.3 Å². The summed E-state index contributed by atoms with van der Waals surface area (Å²) in [6.45, 7) is 11.3. The Balaban J connectivity index is 2.04. The fourth-order valence-electron chi connectivity index (χ4n) is 3.32. The first kappa shape index (κ1) is 17.7. The van der Waals surface area contributed by atoms with E-state index in [1.54, 1.807) is 12.3 Å². The summed E-state index contributed by atoms with van der Waals surface area (Å²) >= 11 is 0. The Morgan fingerprint density at radius 1 is 1.20 bits per heavy atom. The number of rotatable bonds is 2. The van der Waals surface area contributed by atoms with Crippen LogP contribution in [0.3, 0.4) is 0 Å². The van der Waals surface area contributed by atoms with Crippen LogP contribution in [0, 0.1) is 0 Å². The Labute approximate surface area is 148 Å². The molecule has 1 aromatic heterocycles. The predicted octanol–water partition coefficient (Wildman–Crippen LogP) is 3.80. The van der Waals surface area contributed by atoms with Crippen molar-refractivity contribution < 1.29 is 14.3 Å². The van der Waals surface area contributed by atoms with E-state index in [4.69, 9.17) is 9.47 Å². The first-order valence-electron chi connectivity index (χ1n) is 8.74. The Morgan fingerprint density at radius 2 is 1.88 bits per heavy atom. The maximum atomic E-state index is 12.6. The van der Waals surface area contributed by atoms with Crippen LogP contribution in [0.1, 0.15) is 45.0 Å². The molecule has 134 valence electrons. The van der Waals surface area contributed by atoms with Gasteiger partial charge in [-0.25, -0.2) is 4.79 Å². The first-order chi connectivity index (χ1) is 11.8. The highest BCUT2D eigenvalue weighted by Crippen LogP contribution is 2.29. The number of hydrogen-bond acceptors (Lipinski definition) is 5. The van der Waals surface area contributed by atoms with Crippen LogP contribution in [0.25, 0.3) is 10.9 Å². The molecular weight excluding hydrogens is 316 g/mol. The zero-order valence-electron chi connectivity index (χ0n) is 15.6. The summed E-state index contributed by atoms with van der Waals surface area (Å²) in [4.78, 5) is 19.3. The molecule has 3 rings (SSSR count). The maximum absolute atomic E-state index is 12.6. The summed E-state index contributed by atoms with van der Waals surface area (Å²) in [6, 6.07) is 8.36. The first-order valence-corrected chi connectivity index (χ1v) is 8.74. The average molecular weight is 342 g/mol. The van der Waals surface area contributed by atoms with Gasteiger partial charge in [0.15, 0.2) is 0 Å². The molecule has 1 aliphatic rings. The number of morpholine rings is 1. The van der Waals surface area contributed by atoms with Crippen molar-refractivity contribution in [1.82, 2.24) is 4.98 Å². The third kappa shape index (κ3) is 3.76. The number of anilines is 1. The van der Waals surface area contributed by atoms with Crippen LogP contribution >= 0.6 is 0 Å². The highest BCUT2D eigenvalue weighted by Gasteiger charge is 2.26. The second-order valence-electron chi connectivity index (χ2n) is 7.70. The van der Waals surface area contributed by atoms with Gasteiger partial charge in [0.25, 0.3) is 0 Å². The molecule has 5 nitrogen and oxygen atoms in total. The lowest BCUT2D eigenvalue weighted by molar-refractivity contribution is 0.00718. The van der Waals surface area contributed by atoms with Gasteiger partial charge in [0.2, 0.25) is 0 Å². The molecule has 2 aromatic rings. The van der Waals surface area contributed by atoms with Gasteiger partial charge in [0.05, 0.1) is 24.3 Å². The van der Waals surface area contributed by atoms with E-state index in [0.29, 0.717) is 18.8 Å². The molecule has 1 aliphatic heterocycles. The maximum Gasteiger partial charge on any atom is 0.339 e. The van der Waals surface area contributed by atoms with E-state index in [9.17, 15) is 4.79 Å². The molecule has 2 unspecified atom stereocenters. The zero-order valence-corrected chi connectivity index (χ0v) is 15.6. The summed E-state index contributed by atoms with van der Waals surface area (Å²) in [7, 11) is 0. The highest BCUT2D eigenvalue weighted by molar-refractivity contribution is 6.04. The minimum absolute atomic E-state index is 0.280. The summed E-state index contributed by atoms with van der Waals surface area (Å²) in [5.74, 6) is -0.319. The quantitative estimate of drug-likeness (QED) is 0.777. The Hall–Kier alpha value is -2.14. The molecule has 0 radical (unpaired) electrons. The third-order valence-electron chi connectivity index (χ3n) is 4.31. The minimum atomic E-state index is -0.530. The summed E-state index contributed by atoms with van der Waals surface area (Å²) < 4.78 is 11.2. The van der Waals surface area contributed by atoms with E-state index >= 15 is 0 Å². The molecule has 25 heavy (non-hydrogen) atoms. The van der Waals surface area contributed by atoms with Crippen molar-refractivity contribution in [3.05, 3.63) is 36.0 Å². The topological polar surface area (TPSA) is 51.7 Å². The molecule has 2 atom stereocenters. The van der Waals surface area contributed by atoms with E-state index in [2.05, 4.69) is 29.8 Å². The number of fused-ring (bicyclic) bond motifs is 1. The van der Waals surface area contributed by atoms with Crippen LogP contribution in [0.4, 0.5) is 5.69 Å². The number of pyridine rings is 1.